The third-order valence-corrected chi connectivity index (χ3v) is 4.90. The van der Waals surface area contributed by atoms with Crippen molar-refractivity contribution in [1.29, 1.82) is 0 Å². The summed E-state index contributed by atoms with van der Waals surface area (Å²) in [5.41, 5.74) is 3.59. The maximum absolute atomic E-state index is 12.6. The molecule has 2 aromatic carbocycles. The molecule has 3 amide bonds. The second-order valence-electron chi connectivity index (χ2n) is 7.49. The molecule has 0 saturated carbocycles. The Morgan fingerprint density at radius 1 is 0.829 bits per heavy atom. The number of H-pyrrole nitrogens is 1. The van der Waals surface area contributed by atoms with Crippen LogP contribution in [0.5, 0.6) is 0 Å². The number of pyridine rings is 1. The van der Waals surface area contributed by atoms with Gasteiger partial charge in [0.15, 0.2) is 0 Å². The third kappa shape index (κ3) is 6.05. The summed E-state index contributed by atoms with van der Waals surface area (Å²) in [6, 6.07) is 20.3. The van der Waals surface area contributed by atoms with E-state index in [1.807, 2.05) is 0 Å². The van der Waals surface area contributed by atoms with Crippen molar-refractivity contribution in [3.63, 3.8) is 0 Å². The highest BCUT2D eigenvalue weighted by Gasteiger charge is 2.11. The van der Waals surface area contributed by atoms with E-state index in [4.69, 9.17) is 0 Å². The monoisotopic (exact) mass is 466 g/mol. The first-order valence-electron chi connectivity index (χ1n) is 10.7. The summed E-state index contributed by atoms with van der Waals surface area (Å²) < 4.78 is 0. The standard InChI is InChI=1S/C26H22N6O3/c1-2-5-24(33)28-20-7-3-6-17(16-20)25(34)29-18-10-12-19(13-11-18)30-26(35)23-9-4-8-21(31-23)22-14-15-27-32-22/h2-4,6-16H,1,5H2,(H,27,32)(H,28,33)(H,29,34)(H,30,35). The van der Waals surface area contributed by atoms with Gasteiger partial charge in [0.05, 0.1) is 11.4 Å². The number of benzene rings is 2. The number of amides is 3. The third-order valence-electron chi connectivity index (χ3n) is 4.90. The van der Waals surface area contributed by atoms with Crippen LogP contribution in [0.3, 0.4) is 0 Å². The van der Waals surface area contributed by atoms with Crippen LogP contribution in [0.4, 0.5) is 17.1 Å². The lowest BCUT2D eigenvalue weighted by Crippen LogP contribution is -2.15. The van der Waals surface area contributed by atoms with Gasteiger partial charge in [-0.15, -0.1) is 6.58 Å². The average Bonchev–Trinajstić information content (AvgIpc) is 3.41. The number of carbonyl (C=O) groups excluding carboxylic acids is 3. The fourth-order valence-corrected chi connectivity index (χ4v) is 3.23. The van der Waals surface area contributed by atoms with Gasteiger partial charge in [0.1, 0.15) is 5.69 Å². The minimum atomic E-state index is -0.363. The Hall–Kier alpha value is -5.05. The average molecular weight is 467 g/mol. The number of rotatable bonds is 8. The van der Waals surface area contributed by atoms with Gasteiger partial charge >= 0.3 is 0 Å². The lowest BCUT2D eigenvalue weighted by Gasteiger charge is -2.09. The molecule has 9 heteroatoms. The Morgan fingerprint density at radius 3 is 2.23 bits per heavy atom. The molecule has 0 aliphatic heterocycles. The van der Waals surface area contributed by atoms with Gasteiger partial charge in [-0.3, -0.25) is 19.5 Å². The van der Waals surface area contributed by atoms with Crippen LogP contribution in [-0.4, -0.2) is 32.9 Å². The first-order chi connectivity index (χ1) is 17.0. The summed E-state index contributed by atoms with van der Waals surface area (Å²) >= 11 is 0. The predicted octanol–water partition coefficient (Wildman–Crippen LogP) is 4.49. The second kappa shape index (κ2) is 10.7. The second-order valence-corrected chi connectivity index (χ2v) is 7.49. The van der Waals surface area contributed by atoms with E-state index in [0.29, 0.717) is 34.0 Å². The molecule has 0 aliphatic carbocycles. The summed E-state index contributed by atoms with van der Waals surface area (Å²) in [6.45, 7) is 3.53. The molecule has 0 spiro atoms. The molecule has 0 fully saturated rings. The number of anilines is 3. The highest BCUT2D eigenvalue weighted by atomic mass is 16.2. The number of nitrogens with one attached hydrogen (secondary N) is 4. The molecule has 0 atom stereocenters. The molecule has 0 aliphatic rings. The summed E-state index contributed by atoms with van der Waals surface area (Å²) in [4.78, 5) is 41.4. The number of hydrogen-bond acceptors (Lipinski definition) is 5. The minimum Gasteiger partial charge on any atom is -0.326 e. The van der Waals surface area contributed by atoms with Crippen LogP contribution in [0.25, 0.3) is 11.4 Å². The zero-order chi connectivity index (χ0) is 24.6. The van der Waals surface area contributed by atoms with Crippen molar-refractivity contribution >= 4 is 34.8 Å². The summed E-state index contributed by atoms with van der Waals surface area (Å²) in [5, 5.41) is 15.0. The van der Waals surface area contributed by atoms with E-state index in [1.54, 1.807) is 79.0 Å². The Bertz CT molecular complexity index is 1360. The van der Waals surface area contributed by atoms with Gasteiger partial charge in [-0.25, -0.2) is 4.98 Å². The van der Waals surface area contributed by atoms with Crippen molar-refractivity contribution in [2.75, 3.05) is 16.0 Å². The van der Waals surface area contributed by atoms with E-state index in [2.05, 4.69) is 37.7 Å². The predicted molar refractivity (Wildman–Crippen MR) is 134 cm³/mol. The normalized spacial score (nSPS) is 10.3. The first kappa shape index (κ1) is 23.1. The molecule has 35 heavy (non-hydrogen) atoms. The quantitative estimate of drug-likeness (QED) is 0.284. The maximum atomic E-state index is 12.6. The van der Waals surface area contributed by atoms with Gasteiger partial charge in [0.2, 0.25) is 5.91 Å². The van der Waals surface area contributed by atoms with E-state index < -0.39 is 0 Å². The van der Waals surface area contributed by atoms with E-state index in [1.165, 1.54) is 6.08 Å². The smallest absolute Gasteiger partial charge is 0.274 e. The molecule has 0 radical (unpaired) electrons. The van der Waals surface area contributed by atoms with Crippen LogP contribution in [0.1, 0.15) is 27.3 Å². The van der Waals surface area contributed by atoms with E-state index >= 15 is 0 Å². The summed E-state index contributed by atoms with van der Waals surface area (Å²) in [5.74, 6) is -0.904. The molecule has 0 unspecified atom stereocenters. The zero-order valence-electron chi connectivity index (χ0n) is 18.6. The van der Waals surface area contributed by atoms with Crippen LogP contribution < -0.4 is 16.0 Å². The van der Waals surface area contributed by atoms with E-state index in [-0.39, 0.29) is 29.8 Å². The van der Waals surface area contributed by atoms with Gasteiger partial charge in [-0.05, 0) is 60.7 Å². The number of aromatic amines is 1. The highest BCUT2D eigenvalue weighted by molar-refractivity contribution is 6.06. The molecule has 9 nitrogen and oxygen atoms in total. The number of nitrogens with zero attached hydrogens (tertiary/aromatic N) is 2. The maximum Gasteiger partial charge on any atom is 0.274 e. The van der Waals surface area contributed by atoms with Crippen LogP contribution in [0.2, 0.25) is 0 Å². The molecule has 2 aromatic heterocycles. The lowest BCUT2D eigenvalue weighted by molar-refractivity contribution is -0.115. The molecule has 0 saturated heterocycles. The van der Waals surface area contributed by atoms with E-state index in [9.17, 15) is 14.4 Å². The topological polar surface area (TPSA) is 129 Å². The van der Waals surface area contributed by atoms with Crippen LogP contribution in [0.15, 0.2) is 91.6 Å². The molecule has 0 bridgehead atoms. The largest absolute Gasteiger partial charge is 0.326 e. The minimum absolute atomic E-state index is 0.186. The summed E-state index contributed by atoms with van der Waals surface area (Å²) in [6.07, 6.45) is 3.31. The molecule has 2 heterocycles. The van der Waals surface area contributed by atoms with Crippen LogP contribution >= 0.6 is 0 Å². The molecular weight excluding hydrogens is 444 g/mol. The zero-order valence-corrected chi connectivity index (χ0v) is 18.6. The van der Waals surface area contributed by atoms with Crippen molar-refractivity contribution in [2.45, 2.75) is 6.42 Å². The van der Waals surface area contributed by atoms with Gasteiger partial charge in [-0.1, -0.05) is 18.2 Å². The Balaban J connectivity index is 1.37. The van der Waals surface area contributed by atoms with Crippen molar-refractivity contribution in [1.82, 2.24) is 15.2 Å². The highest BCUT2D eigenvalue weighted by Crippen LogP contribution is 2.18. The van der Waals surface area contributed by atoms with Crippen molar-refractivity contribution in [3.8, 4) is 11.4 Å². The number of aromatic nitrogens is 3. The van der Waals surface area contributed by atoms with Crippen LogP contribution in [-0.2, 0) is 4.79 Å². The Morgan fingerprint density at radius 2 is 1.54 bits per heavy atom. The molecule has 4 N–H and O–H groups in total. The molecule has 174 valence electrons. The summed E-state index contributed by atoms with van der Waals surface area (Å²) in [7, 11) is 0. The number of hydrogen-bond donors (Lipinski definition) is 4. The Kier molecular flexibility index (Phi) is 7.08. The molecule has 4 rings (SSSR count). The van der Waals surface area contributed by atoms with Gasteiger partial charge in [-0.2, -0.15) is 5.10 Å². The first-order valence-corrected chi connectivity index (χ1v) is 10.7. The molecular formula is C26H22N6O3. The number of carbonyl (C=O) groups is 3. The van der Waals surface area contributed by atoms with Crippen LogP contribution in [0, 0.1) is 0 Å². The SMILES string of the molecule is C=CCC(=O)Nc1cccc(C(=O)Nc2ccc(NC(=O)c3cccc(-c4ccn[nH]4)n3)cc2)c1. The molecule has 4 aromatic rings. The fourth-order valence-electron chi connectivity index (χ4n) is 3.23. The van der Waals surface area contributed by atoms with Crippen molar-refractivity contribution < 1.29 is 14.4 Å². The fraction of sp³-hybridized carbons (Fsp3) is 0.0385. The lowest BCUT2D eigenvalue weighted by atomic mass is 10.1. The van der Waals surface area contributed by atoms with E-state index in [0.717, 1.165) is 0 Å². The van der Waals surface area contributed by atoms with Gasteiger partial charge in [0, 0.05) is 35.2 Å². The van der Waals surface area contributed by atoms with Crippen molar-refractivity contribution in [3.05, 3.63) is 103 Å². The Labute approximate surface area is 201 Å². The van der Waals surface area contributed by atoms with Crippen molar-refractivity contribution in [2.24, 2.45) is 0 Å². The van der Waals surface area contributed by atoms with Gasteiger partial charge in [0.25, 0.3) is 11.8 Å². The van der Waals surface area contributed by atoms with Gasteiger partial charge < -0.3 is 16.0 Å².